The summed E-state index contributed by atoms with van der Waals surface area (Å²) in [5.74, 6) is -3.29. The summed E-state index contributed by atoms with van der Waals surface area (Å²) in [5, 5.41) is 5.23. The Morgan fingerprint density at radius 3 is 2.42 bits per heavy atom. The van der Waals surface area contributed by atoms with Crippen molar-refractivity contribution in [3.05, 3.63) is 80.3 Å². The molecule has 3 atom stereocenters. The van der Waals surface area contributed by atoms with Gasteiger partial charge in [-0.2, -0.15) is 0 Å². The van der Waals surface area contributed by atoms with Crippen molar-refractivity contribution in [1.82, 2.24) is 5.32 Å². The van der Waals surface area contributed by atoms with Crippen LogP contribution in [0.25, 0.3) is 0 Å². The summed E-state index contributed by atoms with van der Waals surface area (Å²) in [7, 11) is 2.63. The number of benzene rings is 1. The molecule has 1 aromatic heterocycles. The number of nitrogens with one attached hydrogen (secondary N) is 1. The molecule has 1 N–H and O–H groups in total. The van der Waals surface area contributed by atoms with Crippen molar-refractivity contribution in [3.63, 3.8) is 0 Å². The second-order valence-corrected chi connectivity index (χ2v) is 9.25. The van der Waals surface area contributed by atoms with E-state index in [-0.39, 0.29) is 11.7 Å². The first kappa shape index (κ1) is 23.0. The van der Waals surface area contributed by atoms with E-state index in [0.29, 0.717) is 23.3 Å². The lowest BCUT2D eigenvalue weighted by molar-refractivity contribution is -0.149. The number of rotatable bonds is 5. The van der Waals surface area contributed by atoms with Crippen LogP contribution in [0.5, 0.6) is 0 Å². The highest BCUT2D eigenvalue weighted by Gasteiger charge is 2.49. The number of carbonyl (C=O) groups is 3. The van der Waals surface area contributed by atoms with E-state index in [1.165, 1.54) is 25.6 Å². The molecule has 4 rings (SSSR count). The molecule has 172 valence electrons. The number of methoxy groups -OCH3 is 2. The summed E-state index contributed by atoms with van der Waals surface area (Å²) in [6.07, 6.45) is 1.35. The van der Waals surface area contributed by atoms with Crippen LogP contribution in [0.1, 0.15) is 48.1 Å². The van der Waals surface area contributed by atoms with Gasteiger partial charge in [0.05, 0.1) is 19.8 Å². The quantitative estimate of drug-likeness (QED) is 0.525. The number of hydrogen-bond acceptors (Lipinski definition) is 7. The molecule has 0 spiro atoms. The highest BCUT2D eigenvalue weighted by molar-refractivity contribution is 7.10. The number of thiophene rings is 1. The van der Waals surface area contributed by atoms with Gasteiger partial charge in [0, 0.05) is 33.7 Å². The molecule has 1 aliphatic carbocycles. The van der Waals surface area contributed by atoms with E-state index in [2.05, 4.69) is 12.2 Å². The van der Waals surface area contributed by atoms with Crippen molar-refractivity contribution in [2.24, 2.45) is 5.92 Å². The topological polar surface area (TPSA) is 81.7 Å². The Balaban J connectivity index is 1.89. The number of allylic oxidation sites excluding steroid dienone is 3. The van der Waals surface area contributed by atoms with E-state index in [0.717, 1.165) is 28.1 Å². The first-order valence-electron chi connectivity index (χ1n) is 10.9. The van der Waals surface area contributed by atoms with Gasteiger partial charge in [-0.25, -0.2) is 4.79 Å². The summed E-state index contributed by atoms with van der Waals surface area (Å²) >= 11 is 1.52. The molecule has 0 fully saturated rings. The maximum absolute atomic E-state index is 14.0. The van der Waals surface area contributed by atoms with Crippen LogP contribution in [0.4, 0.5) is 0 Å². The number of hydrogen-bond donors (Lipinski definition) is 1. The molecule has 2 aliphatic rings. The number of carbonyl (C=O) groups excluding carboxylic acids is 3. The number of ketones is 1. The van der Waals surface area contributed by atoms with Crippen molar-refractivity contribution in [2.45, 2.75) is 38.5 Å². The van der Waals surface area contributed by atoms with Crippen LogP contribution in [0, 0.1) is 5.92 Å². The predicted molar refractivity (Wildman–Crippen MR) is 126 cm³/mol. The number of Topliss-reactive ketones (excluding diaryl/α,β-unsaturated/α-hetero) is 1. The second kappa shape index (κ2) is 9.35. The summed E-state index contributed by atoms with van der Waals surface area (Å²) < 4.78 is 10.1. The molecule has 0 saturated carbocycles. The van der Waals surface area contributed by atoms with Crippen LogP contribution in [0.15, 0.2) is 64.3 Å². The average molecular weight is 466 g/mol. The van der Waals surface area contributed by atoms with E-state index < -0.39 is 23.8 Å². The maximum atomic E-state index is 14.0. The van der Waals surface area contributed by atoms with Gasteiger partial charge in [0.25, 0.3) is 0 Å². The number of ether oxygens (including phenoxy) is 2. The van der Waals surface area contributed by atoms with Gasteiger partial charge in [0.2, 0.25) is 0 Å². The molecule has 0 amide bonds. The highest BCUT2D eigenvalue weighted by atomic mass is 32.1. The number of aryl methyl sites for hydroxylation is 1. The molecule has 0 bridgehead atoms. The minimum Gasteiger partial charge on any atom is -0.468 e. The predicted octanol–water partition coefficient (Wildman–Crippen LogP) is 4.24. The van der Waals surface area contributed by atoms with E-state index >= 15 is 0 Å². The van der Waals surface area contributed by atoms with Crippen molar-refractivity contribution in [1.29, 1.82) is 0 Å². The maximum Gasteiger partial charge on any atom is 0.336 e. The van der Waals surface area contributed by atoms with Crippen LogP contribution in [0.3, 0.4) is 0 Å². The molecule has 33 heavy (non-hydrogen) atoms. The lowest BCUT2D eigenvalue weighted by Gasteiger charge is -2.39. The Kier molecular flexibility index (Phi) is 6.51. The van der Waals surface area contributed by atoms with Gasteiger partial charge in [-0.1, -0.05) is 37.3 Å². The fourth-order valence-electron chi connectivity index (χ4n) is 4.86. The van der Waals surface area contributed by atoms with Crippen molar-refractivity contribution in [2.75, 3.05) is 14.2 Å². The first-order valence-corrected chi connectivity index (χ1v) is 11.8. The molecule has 1 aromatic carbocycles. The molecule has 0 unspecified atom stereocenters. The molecule has 7 heteroatoms. The standard InChI is InChI=1S/C26H27NO5S/c1-5-15-8-10-16(11-9-15)21-20(25(29)31-3)14(2)27-18-13-17(19-7-6-12-33-19)22(26(30)32-4)24(28)23(18)21/h6-12,17,21-22,27H,5,13H2,1-4H3/t17-,21-,22-/m1/s1. The van der Waals surface area contributed by atoms with Crippen molar-refractivity contribution in [3.8, 4) is 0 Å². The Bertz CT molecular complexity index is 1140. The van der Waals surface area contributed by atoms with Gasteiger partial charge in [0.1, 0.15) is 5.92 Å². The fourth-order valence-corrected chi connectivity index (χ4v) is 5.73. The van der Waals surface area contributed by atoms with Crippen LogP contribution in [-0.4, -0.2) is 31.9 Å². The third kappa shape index (κ3) is 4.02. The third-order valence-electron chi connectivity index (χ3n) is 6.51. The molecule has 6 nitrogen and oxygen atoms in total. The Labute approximate surface area is 197 Å². The normalized spacial score (nSPS) is 22.5. The minimum atomic E-state index is -0.969. The lowest BCUT2D eigenvalue weighted by atomic mass is 9.68. The van der Waals surface area contributed by atoms with Gasteiger partial charge in [-0.3, -0.25) is 9.59 Å². The summed E-state index contributed by atoms with van der Waals surface area (Å²) in [6, 6.07) is 11.7. The van der Waals surface area contributed by atoms with Gasteiger partial charge in [-0.15, -0.1) is 11.3 Å². The third-order valence-corrected chi connectivity index (χ3v) is 7.51. The van der Waals surface area contributed by atoms with Gasteiger partial charge >= 0.3 is 11.9 Å². The van der Waals surface area contributed by atoms with Gasteiger partial charge in [0.15, 0.2) is 5.78 Å². The molecule has 1 aliphatic heterocycles. The zero-order valence-electron chi connectivity index (χ0n) is 19.1. The van der Waals surface area contributed by atoms with Crippen molar-refractivity contribution >= 4 is 29.1 Å². The Morgan fingerprint density at radius 2 is 1.85 bits per heavy atom. The van der Waals surface area contributed by atoms with Crippen LogP contribution >= 0.6 is 11.3 Å². The van der Waals surface area contributed by atoms with E-state index in [1.54, 1.807) is 0 Å². The van der Waals surface area contributed by atoms with Crippen LogP contribution < -0.4 is 5.32 Å². The molecule has 0 saturated heterocycles. The molecule has 2 aromatic rings. The van der Waals surface area contributed by atoms with Gasteiger partial charge in [-0.05, 0) is 42.3 Å². The SMILES string of the molecule is CCc1ccc([C@@H]2C(C(=O)OC)=C(C)NC3=C2C(=O)[C@H](C(=O)OC)[C@@H](c2cccs2)C3)cc1. The smallest absolute Gasteiger partial charge is 0.336 e. The van der Waals surface area contributed by atoms with Gasteiger partial charge < -0.3 is 14.8 Å². The monoisotopic (exact) mass is 465 g/mol. The second-order valence-electron chi connectivity index (χ2n) is 8.27. The zero-order valence-corrected chi connectivity index (χ0v) is 20.0. The highest BCUT2D eigenvalue weighted by Crippen LogP contribution is 2.48. The zero-order chi connectivity index (χ0) is 23.7. The molecular formula is C26H27NO5S. The largest absolute Gasteiger partial charge is 0.468 e. The minimum absolute atomic E-state index is 0.313. The fraction of sp³-hybridized carbons (Fsp3) is 0.346. The molecular weight excluding hydrogens is 438 g/mol. The van der Waals surface area contributed by atoms with Crippen molar-refractivity contribution < 1.29 is 23.9 Å². The summed E-state index contributed by atoms with van der Waals surface area (Å²) in [5.41, 5.74) is 4.18. The summed E-state index contributed by atoms with van der Waals surface area (Å²) in [4.78, 5) is 40.6. The lowest BCUT2D eigenvalue weighted by Crippen LogP contribution is -2.43. The van der Waals surface area contributed by atoms with Crippen LogP contribution in [0.2, 0.25) is 0 Å². The molecule has 2 heterocycles. The Hall–Kier alpha value is -3.19. The molecule has 0 radical (unpaired) electrons. The number of dihydropyridines is 1. The number of esters is 2. The van der Waals surface area contributed by atoms with Crippen LogP contribution in [-0.2, 0) is 30.3 Å². The first-order chi connectivity index (χ1) is 15.9. The van der Waals surface area contributed by atoms with E-state index in [9.17, 15) is 14.4 Å². The average Bonchev–Trinajstić information content (AvgIpc) is 3.37. The summed E-state index contributed by atoms with van der Waals surface area (Å²) in [6.45, 7) is 3.89. The van der Waals surface area contributed by atoms with E-state index in [1.807, 2.05) is 48.7 Å². The van der Waals surface area contributed by atoms with E-state index in [4.69, 9.17) is 9.47 Å². The Morgan fingerprint density at radius 1 is 1.12 bits per heavy atom.